The smallest absolute Gasteiger partial charge is 0.240 e. The molecule has 0 saturated heterocycles. The van der Waals surface area contributed by atoms with E-state index in [9.17, 15) is 8.42 Å². The molecule has 0 bridgehead atoms. The van der Waals surface area contributed by atoms with E-state index in [1.165, 1.54) is 6.07 Å². The molecule has 0 aliphatic rings. The third-order valence-electron chi connectivity index (χ3n) is 3.48. The van der Waals surface area contributed by atoms with Gasteiger partial charge in [0.2, 0.25) is 10.0 Å². The highest BCUT2D eigenvalue weighted by atomic mass is 35.5. The number of hydrogen-bond acceptors (Lipinski definition) is 3. The average molecular weight is 341 g/mol. The number of sulfonamides is 1. The van der Waals surface area contributed by atoms with E-state index in [1.54, 1.807) is 12.1 Å². The zero-order valence-corrected chi connectivity index (χ0v) is 14.3. The summed E-state index contributed by atoms with van der Waals surface area (Å²) < 4.78 is 26.9. The van der Waals surface area contributed by atoms with E-state index in [2.05, 4.69) is 4.72 Å². The Balaban J connectivity index is 0.00000361. The maximum absolute atomic E-state index is 12.1. The first-order valence-electron chi connectivity index (χ1n) is 6.29. The van der Waals surface area contributed by atoms with Crippen LogP contribution in [0.3, 0.4) is 0 Å². The van der Waals surface area contributed by atoms with Gasteiger partial charge in [-0.15, -0.1) is 12.4 Å². The Labute approximate surface area is 132 Å². The molecule has 0 saturated carbocycles. The van der Waals surface area contributed by atoms with E-state index in [4.69, 9.17) is 17.3 Å². The van der Waals surface area contributed by atoms with Crippen molar-refractivity contribution >= 4 is 34.0 Å². The molecule has 3 N–H and O–H groups in total. The van der Waals surface area contributed by atoms with Gasteiger partial charge in [-0.1, -0.05) is 31.5 Å². The van der Waals surface area contributed by atoms with Crippen molar-refractivity contribution < 1.29 is 8.42 Å². The van der Waals surface area contributed by atoms with Gasteiger partial charge in [-0.2, -0.15) is 0 Å². The highest BCUT2D eigenvalue weighted by Crippen LogP contribution is 2.20. The highest BCUT2D eigenvalue weighted by Gasteiger charge is 2.24. The third kappa shape index (κ3) is 4.90. The Morgan fingerprint density at radius 2 is 1.85 bits per heavy atom. The van der Waals surface area contributed by atoms with Gasteiger partial charge in [-0.3, -0.25) is 0 Å². The minimum absolute atomic E-state index is 0. The van der Waals surface area contributed by atoms with Crippen molar-refractivity contribution in [2.24, 2.45) is 5.73 Å². The second kappa shape index (κ2) is 7.61. The summed E-state index contributed by atoms with van der Waals surface area (Å²) in [5.41, 5.74) is 6.41. The molecule has 0 fully saturated rings. The molecule has 1 rings (SSSR count). The second-order valence-electron chi connectivity index (χ2n) is 4.81. The molecule has 116 valence electrons. The van der Waals surface area contributed by atoms with Gasteiger partial charge >= 0.3 is 0 Å². The van der Waals surface area contributed by atoms with Gasteiger partial charge in [0.1, 0.15) is 0 Å². The molecule has 0 spiro atoms. The maximum atomic E-state index is 12.1. The summed E-state index contributed by atoms with van der Waals surface area (Å²) in [4.78, 5) is 0.164. The van der Waals surface area contributed by atoms with Crippen LogP contribution in [-0.2, 0) is 10.0 Å². The largest absolute Gasteiger partial charge is 0.324 e. The first kappa shape index (κ1) is 19.7. The van der Waals surface area contributed by atoms with Crippen LogP contribution in [0.4, 0.5) is 0 Å². The zero-order valence-electron chi connectivity index (χ0n) is 11.9. The van der Waals surface area contributed by atoms with Crippen LogP contribution in [0.2, 0.25) is 5.02 Å². The monoisotopic (exact) mass is 340 g/mol. The summed E-state index contributed by atoms with van der Waals surface area (Å²) in [6.45, 7) is 5.93. The van der Waals surface area contributed by atoms with Gasteiger partial charge < -0.3 is 5.73 Å². The number of nitrogens with one attached hydrogen (secondary N) is 1. The molecule has 0 unspecified atom stereocenters. The lowest BCUT2D eigenvalue weighted by Gasteiger charge is -2.26. The molecule has 0 radical (unpaired) electrons. The summed E-state index contributed by atoms with van der Waals surface area (Å²) in [5, 5.41) is 0.438. The Kier molecular flexibility index (Phi) is 7.49. The van der Waals surface area contributed by atoms with Gasteiger partial charge in [-0.25, -0.2) is 13.1 Å². The van der Waals surface area contributed by atoms with Crippen LogP contribution in [-0.4, -0.2) is 20.5 Å². The predicted molar refractivity (Wildman–Crippen MR) is 86.1 cm³/mol. The average Bonchev–Trinajstić information content (AvgIpc) is 2.39. The number of benzene rings is 1. The fraction of sp³-hybridized carbons (Fsp3) is 0.538. The van der Waals surface area contributed by atoms with Gasteiger partial charge in [0.05, 0.1) is 4.90 Å². The Morgan fingerprint density at radius 1 is 1.30 bits per heavy atom. The van der Waals surface area contributed by atoms with Gasteiger partial charge in [0.15, 0.2) is 0 Å². The molecule has 0 aliphatic carbocycles. The van der Waals surface area contributed by atoms with Crippen LogP contribution < -0.4 is 10.5 Å². The number of nitrogens with two attached hydrogens (primary N) is 1. The lowest BCUT2D eigenvalue weighted by molar-refractivity contribution is 0.392. The summed E-state index contributed by atoms with van der Waals surface area (Å²) in [6, 6.07) is 4.68. The lowest BCUT2D eigenvalue weighted by Crippen LogP contribution is -2.49. The minimum Gasteiger partial charge on any atom is -0.324 e. The molecule has 0 aromatic heterocycles. The lowest BCUT2D eigenvalue weighted by atomic mass is 9.95. The van der Waals surface area contributed by atoms with Crippen molar-refractivity contribution in [2.45, 2.75) is 44.0 Å². The molecule has 0 atom stereocenters. The van der Waals surface area contributed by atoms with E-state index in [1.807, 2.05) is 20.8 Å². The number of aryl methyl sites for hydroxylation is 1. The number of halogens is 2. The van der Waals surface area contributed by atoms with Crippen LogP contribution in [0.15, 0.2) is 23.1 Å². The van der Waals surface area contributed by atoms with Crippen LogP contribution in [0, 0.1) is 6.92 Å². The Hall–Kier alpha value is -0.330. The highest BCUT2D eigenvalue weighted by molar-refractivity contribution is 7.89. The second-order valence-corrected chi connectivity index (χ2v) is 6.98. The molecule has 0 aliphatic heterocycles. The first-order chi connectivity index (χ1) is 8.74. The van der Waals surface area contributed by atoms with E-state index in [0.717, 1.165) is 5.56 Å². The SMILES string of the molecule is CCC(N)(CC)CNS(=O)(=O)c1ccc(C)c(Cl)c1.Cl. The van der Waals surface area contributed by atoms with Crippen LogP contribution in [0.1, 0.15) is 32.3 Å². The number of rotatable bonds is 6. The zero-order chi connectivity index (χ0) is 14.7. The van der Waals surface area contributed by atoms with E-state index in [-0.39, 0.29) is 23.8 Å². The molecule has 0 heterocycles. The molecule has 1 aromatic rings. The van der Waals surface area contributed by atoms with Crippen LogP contribution in [0.5, 0.6) is 0 Å². The summed E-state index contributed by atoms with van der Waals surface area (Å²) in [5.74, 6) is 0. The van der Waals surface area contributed by atoms with Crippen molar-refractivity contribution in [3.8, 4) is 0 Å². The predicted octanol–water partition coefficient (Wildman–Crippen LogP) is 2.87. The van der Waals surface area contributed by atoms with Gasteiger partial charge in [0, 0.05) is 17.1 Å². The molecule has 1 aromatic carbocycles. The summed E-state index contributed by atoms with van der Waals surface area (Å²) >= 11 is 5.95. The van der Waals surface area contributed by atoms with Crippen molar-refractivity contribution in [3.05, 3.63) is 28.8 Å². The Morgan fingerprint density at radius 3 is 2.30 bits per heavy atom. The fourth-order valence-electron chi connectivity index (χ4n) is 1.56. The first-order valence-corrected chi connectivity index (χ1v) is 8.15. The molecule has 7 heteroatoms. The topological polar surface area (TPSA) is 72.2 Å². The van der Waals surface area contributed by atoms with Crippen molar-refractivity contribution in [3.63, 3.8) is 0 Å². The molecule has 20 heavy (non-hydrogen) atoms. The normalized spacial score (nSPS) is 12.1. The van der Waals surface area contributed by atoms with Crippen LogP contribution >= 0.6 is 24.0 Å². The van der Waals surface area contributed by atoms with E-state index < -0.39 is 15.6 Å². The maximum Gasteiger partial charge on any atom is 0.240 e. The minimum atomic E-state index is -3.57. The summed E-state index contributed by atoms with van der Waals surface area (Å²) in [6.07, 6.45) is 1.42. The molecule has 0 amide bonds. The fourth-order valence-corrected chi connectivity index (χ4v) is 2.97. The molecular formula is C13H22Cl2N2O2S. The molecule has 4 nitrogen and oxygen atoms in total. The standard InChI is InChI=1S/C13H21ClN2O2S.ClH/c1-4-13(15,5-2)9-16-19(17,18)11-7-6-10(3)12(14)8-11;/h6-8,16H,4-5,9,15H2,1-3H3;1H. The van der Waals surface area contributed by atoms with E-state index in [0.29, 0.717) is 17.9 Å². The van der Waals surface area contributed by atoms with Crippen molar-refractivity contribution in [1.82, 2.24) is 4.72 Å². The van der Waals surface area contributed by atoms with Gasteiger partial charge in [0.25, 0.3) is 0 Å². The van der Waals surface area contributed by atoms with Crippen molar-refractivity contribution in [1.29, 1.82) is 0 Å². The van der Waals surface area contributed by atoms with Crippen molar-refractivity contribution in [2.75, 3.05) is 6.54 Å². The van der Waals surface area contributed by atoms with Crippen LogP contribution in [0.25, 0.3) is 0 Å². The van der Waals surface area contributed by atoms with Gasteiger partial charge in [-0.05, 0) is 37.5 Å². The van der Waals surface area contributed by atoms with E-state index >= 15 is 0 Å². The summed E-state index contributed by atoms with van der Waals surface area (Å²) in [7, 11) is -3.57. The third-order valence-corrected chi connectivity index (χ3v) is 5.28. The molecular weight excluding hydrogens is 319 g/mol. The number of hydrogen-bond donors (Lipinski definition) is 2. The Bertz CT molecular complexity index is 543. The quantitative estimate of drug-likeness (QED) is 0.836.